The molecule has 5 nitrogen and oxygen atoms in total. The van der Waals surface area contributed by atoms with Crippen LogP contribution in [0.4, 0.5) is 0 Å². The van der Waals surface area contributed by atoms with Crippen LogP contribution >= 0.6 is 12.4 Å². The number of methoxy groups -OCH3 is 1. The van der Waals surface area contributed by atoms with Gasteiger partial charge in [-0.2, -0.15) is 0 Å². The summed E-state index contributed by atoms with van der Waals surface area (Å²) in [4.78, 5) is 11.4. The Labute approximate surface area is 95.6 Å². The van der Waals surface area contributed by atoms with E-state index in [1.165, 1.54) is 7.11 Å². The van der Waals surface area contributed by atoms with Gasteiger partial charge in [0.15, 0.2) is 0 Å². The minimum absolute atomic E-state index is 0. The first-order valence-electron chi connectivity index (χ1n) is 4.71. The van der Waals surface area contributed by atoms with E-state index in [4.69, 9.17) is 19.9 Å². The Kier molecular flexibility index (Phi) is 6.84. The molecule has 0 saturated carbocycles. The molecule has 0 bridgehead atoms. The number of nitrogens with two attached hydrogens (primary N) is 1. The summed E-state index contributed by atoms with van der Waals surface area (Å²) in [6, 6.07) is -0.722. The first-order valence-corrected chi connectivity index (χ1v) is 4.71. The van der Waals surface area contributed by atoms with Crippen LogP contribution in [-0.4, -0.2) is 44.5 Å². The molecule has 0 aromatic heterocycles. The van der Waals surface area contributed by atoms with Crippen LogP contribution in [0.25, 0.3) is 0 Å². The summed E-state index contributed by atoms with van der Waals surface area (Å²) in [6.07, 6.45) is 0.280. The molecular weight excluding hydrogens is 222 g/mol. The van der Waals surface area contributed by atoms with Gasteiger partial charge in [0.1, 0.15) is 12.1 Å². The monoisotopic (exact) mass is 239 g/mol. The van der Waals surface area contributed by atoms with Crippen molar-refractivity contribution in [3.05, 3.63) is 0 Å². The summed E-state index contributed by atoms with van der Waals surface area (Å²) in [6.45, 7) is 2.85. The average Bonchev–Trinajstić information content (AvgIpc) is 2.68. The fraction of sp³-hybridized carbons (Fsp3) is 0.889. The smallest absolute Gasteiger partial charge is 0.325 e. The normalized spacial score (nSPS) is 24.1. The third-order valence-electron chi connectivity index (χ3n) is 2.32. The largest absolute Gasteiger partial charge is 0.459 e. The zero-order valence-corrected chi connectivity index (χ0v) is 9.79. The molecule has 0 aromatic rings. The van der Waals surface area contributed by atoms with E-state index < -0.39 is 12.0 Å². The van der Waals surface area contributed by atoms with Gasteiger partial charge in [-0.15, -0.1) is 12.4 Å². The van der Waals surface area contributed by atoms with Gasteiger partial charge in [-0.05, 0) is 6.92 Å². The molecule has 1 saturated heterocycles. The third kappa shape index (κ3) is 4.34. The summed E-state index contributed by atoms with van der Waals surface area (Å²) in [5.41, 5.74) is 5.61. The second kappa shape index (κ2) is 7.00. The zero-order valence-electron chi connectivity index (χ0n) is 8.97. The number of hydrogen-bond donors (Lipinski definition) is 1. The van der Waals surface area contributed by atoms with Crippen molar-refractivity contribution in [1.29, 1.82) is 0 Å². The van der Waals surface area contributed by atoms with Crippen molar-refractivity contribution in [2.45, 2.75) is 31.6 Å². The van der Waals surface area contributed by atoms with Crippen LogP contribution in [-0.2, 0) is 19.0 Å². The number of carbonyl (C=O) groups is 1. The van der Waals surface area contributed by atoms with Crippen LogP contribution in [0.3, 0.4) is 0 Å². The summed E-state index contributed by atoms with van der Waals surface area (Å²) in [7, 11) is 1.51. The van der Waals surface area contributed by atoms with Crippen LogP contribution in [0, 0.1) is 0 Å². The molecule has 3 atom stereocenters. The van der Waals surface area contributed by atoms with E-state index in [9.17, 15) is 4.79 Å². The molecule has 1 rings (SSSR count). The lowest BCUT2D eigenvalue weighted by molar-refractivity contribution is -0.153. The number of halogens is 1. The van der Waals surface area contributed by atoms with Gasteiger partial charge in [0.05, 0.1) is 19.3 Å². The van der Waals surface area contributed by atoms with Crippen molar-refractivity contribution >= 4 is 18.4 Å². The van der Waals surface area contributed by atoms with Gasteiger partial charge in [0, 0.05) is 13.5 Å². The highest BCUT2D eigenvalue weighted by Gasteiger charge is 2.26. The first kappa shape index (κ1) is 14.6. The van der Waals surface area contributed by atoms with Crippen molar-refractivity contribution in [1.82, 2.24) is 0 Å². The Morgan fingerprint density at radius 2 is 2.27 bits per heavy atom. The van der Waals surface area contributed by atoms with E-state index in [1.54, 1.807) is 6.92 Å². The van der Waals surface area contributed by atoms with Gasteiger partial charge in [0.2, 0.25) is 0 Å². The fourth-order valence-electron chi connectivity index (χ4n) is 1.19. The van der Waals surface area contributed by atoms with Crippen molar-refractivity contribution in [2.75, 3.05) is 20.3 Å². The van der Waals surface area contributed by atoms with E-state index in [0.29, 0.717) is 13.2 Å². The van der Waals surface area contributed by atoms with Crippen LogP contribution < -0.4 is 5.73 Å². The van der Waals surface area contributed by atoms with Crippen molar-refractivity contribution in [3.8, 4) is 0 Å². The molecule has 0 spiro atoms. The maximum atomic E-state index is 11.4. The minimum Gasteiger partial charge on any atom is -0.459 e. The lowest BCUT2D eigenvalue weighted by Crippen LogP contribution is -2.43. The SMILES string of the molecule is COC(C)C(N)C(=O)O[C@@H]1CCOC1.Cl. The van der Waals surface area contributed by atoms with Crippen LogP contribution in [0.2, 0.25) is 0 Å². The molecule has 1 aliphatic heterocycles. The molecule has 0 aromatic carbocycles. The van der Waals surface area contributed by atoms with E-state index >= 15 is 0 Å². The molecule has 0 aliphatic carbocycles. The molecular formula is C9H18ClNO4. The first-order chi connectivity index (χ1) is 6.65. The van der Waals surface area contributed by atoms with Crippen molar-refractivity contribution in [2.24, 2.45) is 5.73 Å². The maximum Gasteiger partial charge on any atom is 0.325 e. The van der Waals surface area contributed by atoms with E-state index in [1.807, 2.05) is 0 Å². The summed E-state index contributed by atoms with van der Waals surface area (Å²) >= 11 is 0. The van der Waals surface area contributed by atoms with E-state index in [2.05, 4.69) is 0 Å². The Bertz CT molecular complexity index is 197. The summed E-state index contributed by atoms with van der Waals surface area (Å²) in [5.74, 6) is -0.421. The molecule has 2 N–H and O–H groups in total. The van der Waals surface area contributed by atoms with Gasteiger partial charge >= 0.3 is 5.97 Å². The molecule has 0 amide bonds. The van der Waals surface area contributed by atoms with Gasteiger partial charge < -0.3 is 19.9 Å². The molecule has 90 valence electrons. The predicted octanol–water partition coefficient (Wildman–Crippen LogP) is 0.103. The Balaban J connectivity index is 0.00000196. The van der Waals surface area contributed by atoms with Crippen molar-refractivity contribution in [3.63, 3.8) is 0 Å². The molecule has 2 unspecified atom stereocenters. The van der Waals surface area contributed by atoms with Crippen LogP contribution in [0.1, 0.15) is 13.3 Å². The summed E-state index contributed by atoms with van der Waals surface area (Å²) < 4.78 is 15.1. The minimum atomic E-state index is -0.722. The molecule has 1 heterocycles. The van der Waals surface area contributed by atoms with E-state index in [0.717, 1.165) is 6.42 Å². The highest BCUT2D eigenvalue weighted by Crippen LogP contribution is 2.09. The predicted molar refractivity (Wildman–Crippen MR) is 57.0 cm³/mol. The summed E-state index contributed by atoms with van der Waals surface area (Å²) in [5, 5.41) is 0. The number of rotatable bonds is 4. The van der Waals surface area contributed by atoms with Crippen molar-refractivity contribution < 1.29 is 19.0 Å². The highest BCUT2D eigenvalue weighted by molar-refractivity contribution is 5.85. The van der Waals surface area contributed by atoms with Gasteiger partial charge in [0.25, 0.3) is 0 Å². The average molecular weight is 240 g/mol. The molecule has 6 heteroatoms. The van der Waals surface area contributed by atoms with E-state index in [-0.39, 0.29) is 24.6 Å². The van der Waals surface area contributed by atoms with Gasteiger partial charge in [-0.3, -0.25) is 4.79 Å². The topological polar surface area (TPSA) is 70.8 Å². The Morgan fingerprint density at radius 1 is 1.60 bits per heavy atom. The standard InChI is InChI=1S/C9H17NO4.ClH/c1-6(12-2)8(10)9(11)14-7-3-4-13-5-7;/h6-8H,3-5,10H2,1-2H3;1H/t6?,7-,8?;/m1./s1. The second-order valence-corrected chi connectivity index (χ2v) is 3.39. The third-order valence-corrected chi connectivity index (χ3v) is 2.32. The molecule has 1 fully saturated rings. The number of carbonyl (C=O) groups excluding carboxylic acids is 1. The lowest BCUT2D eigenvalue weighted by atomic mass is 10.2. The molecule has 1 aliphatic rings. The zero-order chi connectivity index (χ0) is 10.6. The highest BCUT2D eigenvalue weighted by atomic mass is 35.5. The molecule has 15 heavy (non-hydrogen) atoms. The van der Waals surface area contributed by atoms with Gasteiger partial charge in [-0.1, -0.05) is 0 Å². The Hall–Kier alpha value is -0.360. The quantitative estimate of drug-likeness (QED) is 0.705. The number of hydrogen-bond acceptors (Lipinski definition) is 5. The number of ether oxygens (including phenoxy) is 3. The fourth-order valence-corrected chi connectivity index (χ4v) is 1.19. The van der Waals surface area contributed by atoms with Crippen LogP contribution in [0.5, 0.6) is 0 Å². The number of esters is 1. The van der Waals surface area contributed by atoms with Gasteiger partial charge in [-0.25, -0.2) is 0 Å². The lowest BCUT2D eigenvalue weighted by Gasteiger charge is -2.19. The maximum absolute atomic E-state index is 11.4. The molecule has 0 radical (unpaired) electrons. The van der Waals surface area contributed by atoms with Crippen LogP contribution in [0.15, 0.2) is 0 Å². The second-order valence-electron chi connectivity index (χ2n) is 3.39. The Morgan fingerprint density at radius 3 is 2.73 bits per heavy atom.